The van der Waals surface area contributed by atoms with E-state index in [2.05, 4.69) is 5.32 Å². The van der Waals surface area contributed by atoms with Crippen molar-refractivity contribution in [3.63, 3.8) is 0 Å². The van der Waals surface area contributed by atoms with E-state index in [1.807, 2.05) is 0 Å². The first-order chi connectivity index (χ1) is 8.56. The number of hydrogen-bond donors (Lipinski definition) is 1. The number of rotatable bonds is 6. The van der Waals surface area contributed by atoms with E-state index in [1.54, 1.807) is 7.11 Å². The van der Waals surface area contributed by atoms with Gasteiger partial charge in [-0.2, -0.15) is 0 Å². The molecule has 0 saturated carbocycles. The highest BCUT2D eigenvalue weighted by Crippen LogP contribution is 2.24. The van der Waals surface area contributed by atoms with Crippen molar-refractivity contribution in [2.24, 2.45) is 0 Å². The van der Waals surface area contributed by atoms with Crippen LogP contribution >= 0.6 is 11.6 Å². The SMILES string of the molecule is COCCCNC(=O)c1ccc(Cl)c([N+](=O)[O-])c1. The monoisotopic (exact) mass is 272 g/mol. The number of nitro benzene ring substituents is 1. The Labute approximate surface area is 109 Å². The molecule has 0 radical (unpaired) electrons. The van der Waals surface area contributed by atoms with E-state index in [0.717, 1.165) is 6.07 Å². The summed E-state index contributed by atoms with van der Waals surface area (Å²) in [5, 5.41) is 13.3. The zero-order chi connectivity index (χ0) is 13.5. The maximum atomic E-state index is 11.7. The van der Waals surface area contributed by atoms with Crippen molar-refractivity contribution in [1.29, 1.82) is 0 Å². The maximum Gasteiger partial charge on any atom is 0.288 e. The summed E-state index contributed by atoms with van der Waals surface area (Å²) in [6.45, 7) is 0.990. The first-order valence-electron chi connectivity index (χ1n) is 5.27. The highest BCUT2D eigenvalue weighted by Gasteiger charge is 2.15. The van der Waals surface area contributed by atoms with E-state index in [4.69, 9.17) is 16.3 Å². The molecular formula is C11H13ClN2O4. The molecule has 0 bridgehead atoms. The second-order valence-corrected chi connectivity index (χ2v) is 3.93. The lowest BCUT2D eigenvalue weighted by Crippen LogP contribution is -2.25. The maximum absolute atomic E-state index is 11.7. The Morgan fingerprint density at radius 1 is 1.56 bits per heavy atom. The molecule has 98 valence electrons. The fraction of sp³-hybridized carbons (Fsp3) is 0.364. The fourth-order valence-electron chi connectivity index (χ4n) is 1.31. The molecule has 1 N–H and O–H groups in total. The van der Waals surface area contributed by atoms with Gasteiger partial charge in [0.1, 0.15) is 5.02 Å². The summed E-state index contributed by atoms with van der Waals surface area (Å²) < 4.78 is 4.84. The van der Waals surface area contributed by atoms with Crippen molar-refractivity contribution >= 4 is 23.2 Å². The van der Waals surface area contributed by atoms with Crippen LogP contribution in [0.5, 0.6) is 0 Å². The molecule has 1 aromatic rings. The number of nitrogens with zero attached hydrogens (tertiary/aromatic N) is 1. The van der Waals surface area contributed by atoms with Gasteiger partial charge in [0, 0.05) is 31.9 Å². The number of halogens is 1. The molecule has 0 spiro atoms. The molecule has 0 aliphatic carbocycles. The lowest BCUT2D eigenvalue weighted by molar-refractivity contribution is -0.384. The Balaban J connectivity index is 2.68. The van der Waals surface area contributed by atoms with Gasteiger partial charge in [0.05, 0.1) is 4.92 Å². The third kappa shape index (κ3) is 3.97. The smallest absolute Gasteiger partial charge is 0.288 e. The minimum atomic E-state index is -0.621. The van der Waals surface area contributed by atoms with Crippen molar-refractivity contribution in [2.75, 3.05) is 20.3 Å². The molecule has 18 heavy (non-hydrogen) atoms. The zero-order valence-electron chi connectivity index (χ0n) is 9.81. The van der Waals surface area contributed by atoms with E-state index < -0.39 is 4.92 Å². The molecule has 1 amide bonds. The van der Waals surface area contributed by atoms with Gasteiger partial charge in [-0.15, -0.1) is 0 Å². The normalized spacial score (nSPS) is 10.1. The van der Waals surface area contributed by atoms with Crippen molar-refractivity contribution in [1.82, 2.24) is 5.32 Å². The fourth-order valence-corrected chi connectivity index (χ4v) is 1.50. The molecule has 0 aliphatic heterocycles. The van der Waals surface area contributed by atoms with E-state index in [1.165, 1.54) is 12.1 Å². The molecule has 1 aromatic carbocycles. The Kier molecular flexibility index (Phi) is 5.54. The summed E-state index contributed by atoms with van der Waals surface area (Å²) in [6.07, 6.45) is 0.678. The second-order valence-electron chi connectivity index (χ2n) is 3.53. The predicted octanol–water partition coefficient (Wildman–Crippen LogP) is 2.01. The van der Waals surface area contributed by atoms with Crippen LogP contribution in [0.25, 0.3) is 0 Å². The number of benzene rings is 1. The zero-order valence-corrected chi connectivity index (χ0v) is 10.6. The molecule has 0 saturated heterocycles. The Hall–Kier alpha value is -1.66. The average molecular weight is 273 g/mol. The first-order valence-corrected chi connectivity index (χ1v) is 5.65. The number of methoxy groups -OCH3 is 1. The quantitative estimate of drug-likeness (QED) is 0.488. The van der Waals surface area contributed by atoms with Crippen molar-refractivity contribution < 1.29 is 14.5 Å². The van der Waals surface area contributed by atoms with Crippen LogP contribution in [0.15, 0.2) is 18.2 Å². The third-order valence-corrected chi connectivity index (χ3v) is 2.54. The Morgan fingerprint density at radius 2 is 2.28 bits per heavy atom. The number of carbonyl (C=O) groups excluding carboxylic acids is 1. The van der Waals surface area contributed by atoms with Crippen LogP contribution in [0, 0.1) is 10.1 Å². The number of amides is 1. The van der Waals surface area contributed by atoms with E-state index in [0.29, 0.717) is 19.6 Å². The van der Waals surface area contributed by atoms with Crippen LogP contribution in [-0.4, -0.2) is 31.1 Å². The topological polar surface area (TPSA) is 81.5 Å². The highest BCUT2D eigenvalue weighted by atomic mass is 35.5. The average Bonchev–Trinajstić information content (AvgIpc) is 2.34. The van der Waals surface area contributed by atoms with E-state index >= 15 is 0 Å². The van der Waals surface area contributed by atoms with Crippen LogP contribution in [-0.2, 0) is 4.74 Å². The van der Waals surface area contributed by atoms with E-state index in [9.17, 15) is 14.9 Å². The van der Waals surface area contributed by atoms with Gasteiger partial charge in [0.15, 0.2) is 0 Å². The molecule has 0 fully saturated rings. The molecule has 7 heteroatoms. The third-order valence-electron chi connectivity index (χ3n) is 2.22. The van der Waals surface area contributed by atoms with Gasteiger partial charge in [0.2, 0.25) is 0 Å². The molecule has 0 atom stereocenters. The van der Waals surface area contributed by atoms with Crippen molar-refractivity contribution in [2.45, 2.75) is 6.42 Å². The second kappa shape index (κ2) is 6.93. The van der Waals surface area contributed by atoms with Crippen LogP contribution in [0.4, 0.5) is 5.69 Å². The standard InChI is InChI=1S/C11H13ClN2O4/c1-18-6-2-5-13-11(15)8-3-4-9(12)10(7-8)14(16)17/h3-4,7H,2,5-6H2,1H3,(H,13,15). The molecule has 6 nitrogen and oxygen atoms in total. The summed E-state index contributed by atoms with van der Waals surface area (Å²) in [7, 11) is 1.57. The largest absolute Gasteiger partial charge is 0.385 e. The molecule has 1 rings (SSSR count). The van der Waals surface area contributed by atoms with Gasteiger partial charge in [-0.3, -0.25) is 14.9 Å². The van der Waals surface area contributed by atoms with Gasteiger partial charge in [-0.25, -0.2) is 0 Å². The number of nitro groups is 1. The van der Waals surface area contributed by atoms with Gasteiger partial charge in [0.25, 0.3) is 11.6 Å². The van der Waals surface area contributed by atoms with Crippen molar-refractivity contribution in [3.8, 4) is 0 Å². The molecule has 0 unspecified atom stereocenters. The summed E-state index contributed by atoms with van der Waals surface area (Å²) >= 11 is 5.65. The minimum Gasteiger partial charge on any atom is -0.385 e. The summed E-state index contributed by atoms with van der Waals surface area (Å²) in [5.41, 5.74) is -0.0651. The molecular weight excluding hydrogens is 260 g/mol. The Morgan fingerprint density at radius 3 is 2.89 bits per heavy atom. The summed E-state index contributed by atoms with van der Waals surface area (Å²) in [5.74, 6) is -0.370. The number of nitrogens with one attached hydrogen (secondary N) is 1. The lowest BCUT2D eigenvalue weighted by Gasteiger charge is -2.05. The van der Waals surface area contributed by atoms with Gasteiger partial charge < -0.3 is 10.1 Å². The number of ether oxygens (including phenoxy) is 1. The molecule has 0 aromatic heterocycles. The first kappa shape index (κ1) is 14.4. The molecule has 0 heterocycles. The van der Waals surface area contributed by atoms with E-state index in [-0.39, 0.29) is 22.2 Å². The number of hydrogen-bond acceptors (Lipinski definition) is 4. The lowest BCUT2D eigenvalue weighted by atomic mass is 10.2. The summed E-state index contributed by atoms with van der Waals surface area (Å²) in [6, 6.07) is 3.94. The molecule has 0 aliphatic rings. The van der Waals surface area contributed by atoms with Crippen molar-refractivity contribution in [3.05, 3.63) is 38.9 Å². The summed E-state index contributed by atoms with van der Waals surface area (Å²) in [4.78, 5) is 21.7. The van der Waals surface area contributed by atoms with Gasteiger partial charge in [-0.1, -0.05) is 11.6 Å². The Bertz CT molecular complexity index is 451. The van der Waals surface area contributed by atoms with Gasteiger partial charge >= 0.3 is 0 Å². The minimum absolute atomic E-state index is 0.0101. The van der Waals surface area contributed by atoms with Crippen LogP contribution < -0.4 is 5.32 Å². The van der Waals surface area contributed by atoms with Crippen LogP contribution in [0.1, 0.15) is 16.8 Å². The van der Waals surface area contributed by atoms with Gasteiger partial charge in [-0.05, 0) is 18.6 Å². The van der Waals surface area contributed by atoms with Crippen LogP contribution in [0.3, 0.4) is 0 Å². The predicted molar refractivity (Wildman–Crippen MR) is 66.9 cm³/mol. The van der Waals surface area contributed by atoms with Crippen LogP contribution in [0.2, 0.25) is 5.02 Å². The number of carbonyl (C=O) groups is 1. The highest BCUT2D eigenvalue weighted by molar-refractivity contribution is 6.32.